The standard InChI is InChI=1S/C4H10S3.C2H5FO/c1-4(5,6-2)7-3;3-1-2-4/h5H,1-3H3;4H,1-2H2. The van der Waals surface area contributed by atoms with Crippen LogP contribution in [0.25, 0.3) is 0 Å². The Bertz CT molecular complexity index is 72.2. The minimum atomic E-state index is -0.625. The third-order valence-corrected chi connectivity index (χ3v) is 4.45. The molecule has 0 spiro atoms. The van der Waals surface area contributed by atoms with Crippen molar-refractivity contribution in [2.24, 2.45) is 0 Å². The van der Waals surface area contributed by atoms with Gasteiger partial charge in [-0.2, -0.15) is 12.6 Å². The van der Waals surface area contributed by atoms with Gasteiger partial charge < -0.3 is 5.11 Å². The molecule has 11 heavy (non-hydrogen) atoms. The minimum absolute atomic E-state index is 0.111. The van der Waals surface area contributed by atoms with E-state index in [0.29, 0.717) is 0 Å². The van der Waals surface area contributed by atoms with Crippen LogP contribution in [0.5, 0.6) is 0 Å². The third-order valence-electron chi connectivity index (χ3n) is 0.842. The summed E-state index contributed by atoms with van der Waals surface area (Å²) in [4.78, 5) is 0. The van der Waals surface area contributed by atoms with Crippen LogP contribution in [0.2, 0.25) is 0 Å². The molecule has 0 saturated heterocycles. The Kier molecular flexibility index (Phi) is 11.9. The predicted octanol–water partition coefficient (Wildman–Crippen LogP) is 2.26. The number of aliphatic hydroxyl groups is 1. The molecule has 0 atom stereocenters. The van der Waals surface area contributed by atoms with Gasteiger partial charge in [-0.05, 0) is 19.4 Å². The monoisotopic (exact) mass is 218 g/mol. The number of thiol groups is 1. The molecule has 0 aliphatic rings. The van der Waals surface area contributed by atoms with E-state index < -0.39 is 6.67 Å². The molecule has 0 unspecified atom stereocenters. The summed E-state index contributed by atoms with van der Waals surface area (Å²) in [6, 6.07) is 0. The smallest absolute Gasteiger partial charge is 0.112 e. The van der Waals surface area contributed by atoms with Crippen LogP contribution in [0.4, 0.5) is 4.39 Å². The Morgan fingerprint density at radius 3 is 1.73 bits per heavy atom. The van der Waals surface area contributed by atoms with E-state index in [-0.39, 0.29) is 10.0 Å². The van der Waals surface area contributed by atoms with Crippen molar-refractivity contribution in [3.05, 3.63) is 0 Å². The van der Waals surface area contributed by atoms with E-state index in [1.165, 1.54) is 0 Å². The van der Waals surface area contributed by atoms with Crippen LogP contribution in [0.15, 0.2) is 0 Å². The van der Waals surface area contributed by atoms with Crippen LogP contribution in [0.3, 0.4) is 0 Å². The van der Waals surface area contributed by atoms with E-state index in [0.717, 1.165) is 0 Å². The molecule has 0 radical (unpaired) electrons. The highest BCUT2D eigenvalue weighted by molar-refractivity contribution is 8.28. The van der Waals surface area contributed by atoms with Gasteiger partial charge in [0.2, 0.25) is 0 Å². The number of hydrogen-bond donors (Lipinski definition) is 2. The van der Waals surface area contributed by atoms with Crippen molar-refractivity contribution >= 4 is 36.2 Å². The zero-order valence-corrected chi connectivity index (χ0v) is 9.53. The third kappa shape index (κ3) is 13.9. The fraction of sp³-hybridized carbons (Fsp3) is 1.00. The van der Waals surface area contributed by atoms with Gasteiger partial charge in [0.25, 0.3) is 0 Å². The molecule has 0 aromatic heterocycles. The molecule has 0 fully saturated rings. The summed E-state index contributed by atoms with van der Waals surface area (Å²) in [6.45, 7) is 1.12. The van der Waals surface area contributed by atoms with Gasteiger partial charge in [-0.1, -0.05) is 0 Å². The van der Waals surface area contributed by atoms with Crippen molar-refractivity contribution in [3.8, 4) is 0 Å². The maximum atomic E-state index is 10.5. The molecule has 5 heteroatoms. The van der Waals surface area contributed by atoms with Crippen molar-refractivity contribution < 1.29 is 9.50 Å². The number of aliphatic hydroxyl groups excluding tert-OH is 1. The van der Waals surface area contributed by atoms with Crippen LogP contribution >= 0.6 is 36.2 Å². The van der Waals surface area contributed by atoms with E-state index in [1.54, 1.807) is 23.5 Å². The zero-order chi connectivity index (χ0) is 9.33. The first-order valence-corrected chi connectivity index (χ1v) is 5.93. The first-order valence-electron chi connectivity index (χ1n) is 3.03. The molecule has 0 aromatic carbocycles. The van der Waals surface area contributed by atoms with Crippen LogP contribution in [-0.2, 0) is 0 Å². The molecule has 0 heterocycles. The highest BCUT2D eigenvalue weighted by atomic mass is 32.3. The molecule has 70 valence electrons. The summed E-state index contributed by atoms with van der Waals surface area (Å²) >= 11 is 7.82. The highest BCUT2D eigenvalue weighted by Crippen LogP contribution is 2.36. The lowest BCUT2D eigenvalue weighted by molar-refractivity contribution is 0.253. The van der Waals surface area contributed by atoms with Gasteiger partial charge in [-0.25, -0.2) is 4.39 Å². The molecular weight excluding hydrogens is 203 g/mol. The molecule has 1 nitrogen and oxygen atoms in total. The van der Waals surface area contributed by atoms with E-state index in [9.17, 15) is 4.39 Å². The molecule has 0 aliphatic heterocycles. The first-order chi connectivity index (χ1) is 5.04. The average molecular weight is 218 g/mol. The molecular formula is C6H15FOS3. The lowest BCUT2D eigenvalue weighted by Gasteiger charge is -2.16. The highest BCUT2D eigenvalue weighted by Gasteiger charge is 2.12. The van der Waals surface area contributed by atoms with Gasteiger partial charge in [-0.15, -0.1) is 23.5 Å². The summed E-state index contributed by atoms with van der Waals surface area (Å²) < 4.78 is 10.6. The van der Waals surface area contributed by atoms with Gasteiger partial charge in [0.1, 0.15) is 10.1 Å². The predicted molar refractivity (Wildman–Crippen MR) is 57.5 cm³/mol. The number of rotatable bonds is 3. The summed E-state index contributed by atoms with van der Waals surface area (Å²) in [5.74, 6) is 0. The molecule has 0 saturated carbocycles. The van der Waals surface area contributed by atoms with Crippen molar-refractivity contribution in [1.29, 1.82) is 0 Å². The Hall–Kier alpha value is 0.940. The number of thioether (sulfide) groups is 2. The summed E-state index contributed by atoms with van der Waals surface area (Å²) in [5.41, 5.74) is 0. The summed E-state index contributed by atoms with van der Waals surface area (Å²) in [5, 5.41) is 7.50. The Morgan fingerprint density at radius 1 is 1.45 bits per heavy atom. The average Bonchev–Trinajstić information content (AvgIpc) is 2.05. The minimum Gasteiger partial charge on any atom is -0.394 e. The van der Waals surface area contributed by atoms with Gasteiger partial charge in [0, 0.05) is 0 Å². The Labute approximate surface area is 81.9 Å². The lowest BCUT2D eigenvalue weighted by atomic mass is 10.9. The van der Waals surface area contributed by atoms with Crippen LogP contribution in [-0.4, -0.2) is 34.3 Å². The fourth-order valence-electron chi connectivity index (χ4n) is 0.0833. The normalized spacial score (nSPS) is 10.4. The molecule has 0 rings (SSSR count). The van der Waals surface area contributed by atoms with E-state index in [2.05, 4.69) is 32.1 Å². The molecule has 0 amide bonds. The van der Waals surface area contributed by atoms with Gasteiger partial charge in [0.05, 0.1) is 6.61 Å². The number of alkyl halides is 1. The van der Waals surface area contributed by atoms with E-state index in [4.69, 9.17) is 5.11 Å². The molecule has 0 bridgehead atoms. The zero-order valence-electron chi connectivity index (χ0n) is 7.00. The largest absolute Gasteiger partial charge is 0.394 e. The fourth-order valence-corrected chi connectivity index (χ4v) is 0.750. The quantitative estimate of drug-likeness (QED) is 0.560. The second kappa shape index (κ2) is 9.03. The second-order valence-electron chi connectivity index (χ2n) is 1.72. The number of hydrogen-bond acceptors (Lipinski definition) is 4. The van der Waals surface area contributed by atoms with Crippen LogP contribution < -0.4 is 0 Å². The van der Waals surface area contributed by atoms with Gasteiger partial charge in [0.15, 0.2) is 0 Å². The van der Waals surface area contributed by atoms with Gasteiger partial charge >= 0.3 is 0 Å². The van der Waals surface area contributed by atoms with E-state index in [1.807, 2.05) is 0 Å². The van der Waals surface area contributed by atoms with Crippen molar-refractivity contribution in [2.45, 2.75) is 10.3 Å². The molecule has 1 N–H and O–H groups in total. The first kappa shape index (κ1) is 14.5. The SMILES string of the molecule is CSC(C)(S)SC.OCCF. The Balaban J connectivity index is 0. The summed E-state index contributed by atoms with van der Waals surface area (Å²) in [6.07, 6.45) is 4.12. The van der Waals surface area contributed by atoms with E-state index >= 15 is 0 Å². The maximum absolute atomic E-state index is 10.5. The van der Waals surface area contributed by atoms with Crippen LogP contribution in [0, 0.1) is 0 Å². The van der Waals surface area contributed by atoms with Crippen molar-refractivity contribution in [1.82, 2.24) is 0 Å². The molecule has 0 aliphatic carbocycles. The topological polar surface area (TPSA) is 20.2 Å². The molecule has 0 aromatic rings. The summed E-state index contributed by atoms with van der Waals surface area (Å²) in [7, 11) is 0. The Morgan fingerprint density at radius 2 is 1.73 bits per heavy atom. The van der Waals surface area contributed by atoms with Crippen LogP contribution in [0.1, 0.15) is 6.92 Å². The maximum Gasteiger partial charge on any atom is 0.112 e. The van der Waals surface area contributed by atoms with Crippen molar-refractivity contribution in [3.63, 3.8) is 0 Å². The number of halogens is 1. The van der Waals surface area contributed by atoms with Crippen molar-refractivity contribution in [2.75, 3.05) is 25.8 Å². The van der Waals surface area contributed by atoms with Gasteiger partial charge in [-0.3, -0.25) is 0 Å². The lowest BCUT2D eigenvalue weighted by Crippen LogP contribution is -2.00. The second-order valence-corrected chi connectivity index (χ2v) is 5.93.